The summed E-state index contributed by atoms with van der Waals surface area (Å²) in [5, 5.41) is 3.26. The van der Waals surface area contributed by atoms with Crippen molar-refractivity contribution in [3.63, 3.8) is 0 Å². The van der Waals surface area contributed by atoms with Gasteiger partial charge in [0.15, 0.2) is 0 Å². The van der Waals surface area contributed by atoms with Crippen LogP contribution in [-0.4, -0.2) is 17.8 Å². The van der Waals surface area contributed by atoms with Gasteiger partial charge < -0.3 is 10.1 Å². The van der Waals surface area contributed by atoms with Crippen LogP contribution in [0.25, 0.3) is 0 Å². The van der Waals surface area contributed by atoms with Crippen LogP contribution < -0.4 is 10.1 Å². The molecule has 17 heavy (non-hydrogen) atoms. The number of carbonyl (C=O) groups is 1. The summed E-state index contributed by atoms with van der Waals surface area (Å²) in [5.41, 5.74) is 2.37. The largest absolute Gasteiger partial charge is 0.493 e. The lowest BCUT2D eigenvalue weighted by Crippen LogP contribution is -2.27. The van der Waals surface area contributed by atoms with Crippen LogP contribution in [0.3, 0.4) is 0 Å². The molecule has 1 aromatic carbocycles. The van der Waals surface area contributed by atoms with Gasteiger partial charge in [-0.1, -0.05) is 28.1 Å². The highest BCUT2D eigenvalue weighted by molar-refractivity contribution is 9.09. The summed E-state index contributed by atoms with van der Waals surface area (Å²) >= 11 is 3.14. The predicted octanol–water partition coefficient (Wildman–Crippen LogP) is 2.58. The van der Waals surface area contributed by atoms with Crippen molar-refractivity contribution in [1.82, 2.24) is 5.32 Å². The molecule has 1 unspecified atom stereocenters. The van der Waals surface area contributed by atoms with Gasteiger partial charge in [-0.15, -0.1) is 0 Å². The van der Waals surface area contributed by atoms with Crippen LogP contribution in [0.2, 0.25) is 0 Å². The Bertz CT molecular complexity index is 420. The highest BCUT2D eigenvalue weighted by Crippen LogP contribution is 2.27. The van der Waals surface area contributed by atoms with Crippen molar-refractivity contribution >= 4 is 21.8 Å². The van der Waals surface area contributed by atoms with E-state index >= 15 is 0 Å². The minimum atomic E-state index is 0.00599. The van der Waals surface area contributed by atoms with Gasteiger partial charge in [0.25, 0.3) is 0 Å². The molecule has 0 aromatic heterocycles. The summed E-state index contributed by atoms with van der Waals surface area (Å²) < 4.78 is 5.57. The van der Waals surface area contributed by atoms with Crippen molar-refractivity contribution in [1.29, 1.82) is 0 Å². The van der Waals surface area contributed by atoms with Crippen molar-refractivity contribution in [2.45, 2.75) is 25.8 Å². The quantitative estimate of drug-likeness (QED) is 0.871. The second-order valence-electron chi connectivity index (χ2n) is 4.24. The number of aryl methyl sites for hydroxylation is 1. The molecule has 1 aliphatic rings. The fourth-order valence-corrected chi connectivity index (χ4v) is 2.17. The number of rotatable bonds is 3. The van der Waals surface area contributed by atoms with Crippen LogP contribution in [0.1, 0.15) is 30.5 Å². The molecule has 1 atom stereocenters. The molecule has 0 aliphatic carbocycles. The summed E-state index contributed by atoms with van der Waals surface area (Å²) in [6, 6.07) is 6.18. The summed E-state index contributed by atoms with van der Waals surface area (Å²) in [6.07, 6.45) is 2.13. The van der Waals surface area contributed by atoms with E-state index < -0.39 is 0 Å². The summed E-state index contributed by atoms with van der Waals surface area (Å²) in [5.74, 6) is 0.991. The highest BCUT2D eigenvalue weighted by Gasteiger charge is 2.14. The molecule has 0 bridgehead atoms. The molecule has 1 heterocycles. The van der Waals surface area contributed by atoms with Crippen molar-refractivity contribution in [3.8, 4) is 5.75 Å². The van der Waals surface area contributed by atoms with Gasteiger partial charge >= 0.3 is 0 Å². The zero-order valence-electron chi connectivity index (χ0n) is 9.83. The van der Waals surface area contributed by atoms with E-state index in [1.54, 1.807) is 0 Å². The van der Waals surface area contributed by atoms with Gasteiger partial charge in [0, 0.05) is 0 Å². The van der Waals surface area contributed by atoms with Gasteiger partial charge in [-0.25, -0.2) is 0 Å². The number of nitrogens with one attached hydrogen (secondary N) is 1. The SMILES string of the molecule is CC(NC(=O)CBr)c1ccc2c(c1)CCCO2. The molecule has 0 spiro atoms. The lowest BCUT2D eigenvalue weighted by Gasteiger charge is -2.20. The van der Waals surface area contributed by atoms with E-state index in [1.807, 2.05) is 19.1 Å². The third kappa shape index (κ3) is 3.00. The Hall–Kier alpha value is -1.03. The molecule has 1 aromatic rings. The van der Waals surface area contributed by atoms with Gasteiger partial charge in [-0.3, -0.25) is 4.79 Å². The van der Waals surface area contributed by atoms with Crippen molar-refractivity contribution in [2.75, 3.05) is 11.9 Å². The summed E-state index contributed by atoms with van der Waals surface area (Å²) in [4.78, 5) is 11.3. The molecule has 92 valence electrons. The topological polar surface area (TPSA) is 38.3 Å². The Morgan fingerprint density at radius 2 is 2.41 bits per heavy atom. The molecule has 1 aliphatic heterocycles. The maximum Gasteiger partial charge on any atom is 0.231 e. The molecule has 3 nitrogen and oxygen atoms in total. The van der Waals surface area contributed by atoms with E-state index in [9.17, 15) is 4.79 Å². The van der Waals surface area contributed by atoms with Crippen molar-refractivity contribution in [2.24, 2.45) is 0 Å². The smallest absolute Gasteiger partial charge is 0.231 e. The van der Waals surface area contributed by atoms with Gasteiger partial charge in [-0.05, 0) is 37.0 Å². The van der Waals surface area contributed by atoms with Gasteiger partial charge in [0.1, 0.15) is 5.75 Å². The third-order valence-corrected chi connectivity index (χ3v) is 3.44. The fourth-order valence-electron chi connectivity index (χ4n) is 2.01. The van der Waals surface area contributed by atoms with E-state index in [0.29, 0.717) is 5.33 Å². The molecule has 1 N–H and O–H groups in total. The van der Waals surface area contributed by atoms with Crippen LogP contribution in [0.4, 0.5) is 0 Å². The third-order valence-electron chi connectivity index (χ3n) is 2.93. The molecule has 0 saturated heterocycles. The first-order valence-corrected chi connectivity index (χ1v) is 6.94. The van der Waals surface area contributed by atoms with Crippen LogP contribution in [0, 0.1) is 0 Å². The number of ether oxygens (including phenoxy) is 1. The average molecular weight is 298 g/mol. The normalized spacial score (nSPS) is 15.6. The molecular formula is C13H16BrNO2. The highest BCUT2D eigenvalue weighted by atomic mass is 79.9. The standard InChI is InChI=1S/C13H16BrNO2/c1-9(15-13(16)8-14)10-4-5-12-11(7-10)3-2-6-17-12/h4-5,7,9H,2-3,6,8H2,1H3,(H,15,16). The van der Waals surface area contributed by atoms with E-state index in [0.717, 1.165) is 30.8 Å². The molecule has 0 saturated carbocycles. The number of carbonyl (C=O) groups excluding carboxylic acids is 1. The molecule has 1 amide bonds. The number of alkyl halides is 1. The molecule has 4 heteroatoms. The Labute approximate surface area is 110 Å². The monoisotopic (exact) mass is 297 g/mol. The molecular weight excluding hydrogens is 282 g/mol. The number of amides is 1. The Kier molecular flexibility index (Phi) is 4.05. The van der Waals surface area contributed by atoms with Crippen LogP contribution in [0.15, 0.2) is 18.2 Å². The van der Waals surface area contributed by atoms with E-state index in [2.05, 4.69) is 27.3 Å². The number of hydrogen-bond acceptors (Lipinski definition) is 2. The Balaban J connectivity index is 2.13. The van der Waals surface area contributed by atoms with Crippen molar-refractivity contribution in [3.05, 3.63) is 29.3 Å². The average Bonchev–Trinajstić information content (AvgIpc) is 2.38. The predicted molar refractivity (Wildman–Crippen MR) is 70.6 cm³/mol. The number of hydrogen-bond donors (Lipinski definition) is 1. The van der Waals surface area contributed by atoms with Gasteiger partial charge in [0.05, 0.1) is 18.0 Å². The lowest BCUT2D eigenvalue weighted by atomic mass is 10.00. The number of fused-ring (bicyclic) bond motifs is 1. The molecule has 0 radical (unpaired) electrons. The van der Waals surface area contributed by atoms with Gasteiger partial charge in [-0.2, -0.15) is 0 Å². The fraction of sp³-hybridized carbons (Fsp3) is 0.462. The maximum absolute atomic E-state index is 11.3. The minimum Gasteiger partial charge on any atom is -0.493 e. The zero-order valence-corrected chi connectivity index (χ0v) is 11.4. The van der Waals surface area contributed by atoms with Crippen LogP contribution in [-0.2, 0) is 11.2 Å². The summed E-state index contributed by atoms with van der Waals surface area (Å²) in [6.45, 7) is 2.80. The first kappa shape index (κ1) is 12.4. The Morgan fingerprint density at radius 1 is 1.59 bits per heavy atom. The minimum absolute atomic E-state index is 0.00599. The van der Waals surface area contributed by atoms with E-state index in [4.69, 9.17) is 4.74 Å². The first-order valence-electron chi connectivity index (χ1n) is 5.81. The van der Waals surface area contributed by atoms with Crippen molar-refractivity contribution < 1.29 is 9.53 Å². The van der Waals surface area contributed by atoms with E-state index in [-0.39, 0.29) is 11.9 Å². The molecule has 0 fully saturated rings. The number of halogens is 1. The van der Waals surface area contributed by atoms with Crippen LogP contribution in [0.5, 0.6) is 5.75 Å². The summed E-state index contributed by atoms with van der Waals surface area (Å²) in [7, 11) is 0. The second kappa shape index (κ2) is 5.54. The molecule has 2 rings (SSSR count). The Morgan fingerprint density at radius 3 is 3.18 bits per heavy atom. The maximum atomic E-state index is 11.3. The first-order chi connectivity index (χ1) is 8.20. The second-order valence-corrected chi connectivity index (χ2v) is 4.80. The lowest BCUT2D eigenvalue weighted by molar-refractivity contribution is -0.119. The number of benzene rings is 1. The van der Waals surface area contributed by atoms with Gasteiger partial charge in [0.2, 0.25) is 5.91 Å². The zero-order chi connectivity index (χ0) is 12.3. The van der Waals surface area contributed by atoms with Crippen LogP contribution >= 0.6 is 15.9 Å². The van der Waals surface area contributed by atoms with E-state index in [1.165, 1.54) is 5.56 Å².